The molecule has 4 heteroatoms. The van der Waals surface area contributed by atoms with E-state index in [1.807, 2.05) is 20.8 Å². The molecule has 4 nitrogen and oxygen atoms in total. The van der Waals surface area contributed by atoms with Crippen LogP contribution in [-0.4, -0.2) is 24.0 Å². The summed E-state index contributed by atoms with van der Waals surface area (Å²) in [4.78, 5) is 21.7. The van der Waals surface area contributed by atoms with Gasteiger partial charge in [-0.1, -0.05) is 0 Å². The summed E-state index contributed by atoms with van der Waals surface area (Å²) in [6.07, 6.45) is 2.19. The number of aldehydes is 1. The summed E-state index contributed by atoms with van der Waals surface area (Å²) in [6.45, 7) is 5.43. The molecule has 2 unspecified atom stereocenters. The van der Waals surface area contributed by atoms with Crippen molar-refractivity contribution >= 4 is 12.4 Å². The van der Waals surface area contributed by atoms with Crippen LogP contribution < -0.4 is 5.32 Å². The maximum Gasteiger partial charge on any atom is 0.407 e. The molecule has 1 amide bonds. The van der Waals surface area contributed by atoms with Gasteiger partial charge in [-0.3, -0.25) is 0 Å². The SMILES string of the molecule is CC(C)(C)OC(=O)NC1CCC1C=O. The van der Waals surface area contributed by atoms with Crippen molar-refractivity contribution in [1.29, 1.82) is 0 Å². The Kier molecular flexibility index (Phi) is 3.13. The summed E-state index contributed by atoms with van der Waals surface area (Å²) in [7, 11) is 0. The normalized spacial score (nSPS) is 26.2. The van der Waals surface area contributed by atoms with Crippen molar-refractivity contribution < 1.29 is 14.3 Å². The second-order valence-corrected chi connectivity index (χ2v) is 4.63. The van der Waals surface area contributed by atoms with Crippen molar-refractivity contribution in [2.24, 2.45) is 5.92 Å². The smallest absolute Gasteiger partial charge is 0.407 e. The molecule has 0 saturated heterocycles. The van der Waals surface area contributed by atoms with Gasteiger partial charge < -0.3 is 14.8 Å². The first kappa shape index (κ1) is 11.0. The average Bonchev–Trinajstić information content (AvgIpc) is 1.96. The van der Waals surface area contributed by atoms with Crippen LogP contribution in [0.25, 0.3) is 0 Å². The molecule has 0 bridgehead atoms. The van der Waals surface area contributed by atoms with E-state index < -0.39 is 11.7 Å². The van der Waals surface area contributed by atoms with Gasteiger partial charge in [0.15, 0.2) is 0 Å². The van der Waals surface area contributed by atoms with Crippen LogP contribution in [0, 0.1) is 5.92 Å². The minimum atomic E-state index is -0.482. The van der Waals surface area contributed by atoms with E-state index in [0.717, 1.165) is 19.1 Å². The number of nitrogens with one attached hydrogen (secondary N) is 1. The summed E-state index contributed by atoms with van der Waals surface area (Å²) in [5.41, 5.74) is -0.482. The summed E-state index contributed by atoms with van der Waals surface area (Å²) in [6, 6.07) is -0.0256. The first-order chi connectivity index (χ1) is 6.42. The third-order valence-corrected chi connectivity index (χ3v) is 2.20. The molecule has 1 aliphatic rings. The summed E-state index contributed by atoms with van der Waals surface area (Å²) in [5.74, 6) is -0.0254. The molecule has 0 radical (unpaired) electrons. The van der Waals surface area contributed by atoms with Gasteiger partial charge >= 0.3 is 6.09 Å². The molecular weight excluding hydrogens is 182 g/mol. The average molecular weight is 199 g/mol. The van der Waals surface area contributed by atoms with Gasteiger partial charge in [0, 0.05) is 12.0 Å². The Morgan fingerprint density at radius 2 is 2.07 bits per heavy atom. The van der Waals surface area contributed by atoms with Crippen LogP contribution in [0.3, 0.4) is 0 Å². The van der Waals surface area contributed by atoms with E-state index in [4.69, 9.17) is 4.74 Å². The molecule has 80 valence electrons. The second-order valence-electron chi connectivity index (χ2n) is 4.63. The molecule has 1 fully saturated rings. The monoisotopic (exact) mass is 199 g/mol. The van der Waals surface area contributed by atoms with E-state index >= 15 is 0 Å². The number of carbonyl (C=O) groups excluding carboxylic acids is 2. The zero-order chi connectivity index (χ0) is 10.8. The Hall–Kier alpha value is -1.06. The molecule has 0 aromatic rings. The Labute approximate surface area is 84.0 Å². The summed E-state index contributed by atoms with van der Waals surface area (Å²) < 4.78 is 5.07. The number of rotatable bonds is 2. The highest BCUT2D eigenvalue weighted by Gasteiger charge is 2.32. The first-order valence-corrected chi connectivity index (χ1v) is 4.87. The summed E-state index contributed by atoms with van der Waals surface area (Å²) >= 11 is 0. The zero-order valence-electron chi connectivity index (χ0n) is 8.87. The molecule has 0 heterocycles. The minimum absolute atomic E-state index is 0.0254. The number of ether oxygens (including phenoxy) is 1. The molecule has 1 N–H and O–H groups in total. The predicted molar refractivity (Wildman–Crippen MR) is 51.9 cm³/mol. The molecule has 0 spiro atoms. The lowest BCUT2D eigenvalue weighted by Crippen LogP contribution is -2.48. The number of hydrogen-bond donors (Lipinski definition) is 1. The quantitative estimate of drug-likeness (QED) is 0.685. The Balaban J connectivity index is 2.31. The second kappa shape index (κ2) is 3.98. The molecule has 2 atom stereocenters. The first-order valence-electron chi connectivity index (χ1n) is 4.87. The lowest BCUT2D eigenvalue weighted by atomic mass is 9.81. The van der Waals surface area contributed by atoms with Gasteiger partial charge in [0.25, 0.3) is 0 Å². The van der Waals surface area contributed by atoms with Gasteiger partial charge in [0.1, 0.15) is 11.9 Å². The highest BCUT2D eigenvalue weighted by molar-refractivity contribution is 5.69. The van der Waals surface area contributed by atoms with E-state index in [9.17, 15) is 9.59 Å². The van der Waals surface area contributed by atoms with Crippen molar-refractivity contribution in [2.45, 2.75) is 45.3 Å². The van der Waals surface area contributed by atoms with Gasteiger partial charge in [0.2, 0.25) is 0 Å². The van der Waals surface area contributed by atoms with E-state index in [0.29, 0.717) is 0 Å². The minimum Gasteiger partial charge on any atom is -0.444 e. The van der Waals surface area contributed by atoms with Gasteiger partial charge in [-0.25, -0.2) is 4.79 Å². The highest BCUT2D eigenvalue weighted by atomic mass is 16.6. The van der Waals surface area contributed by atoms with Crippen LogP contribution in [0.2, 0.25) is 0 Å². The number of hydrogen-bond acceptors (Lipinski definition) is 3. The lowest BCUT2D eigenvalue weighted by Gasteiger charge is -2.33. The zero-order valence-corrected chi connectivity index (χ0v) is 8.87. The number of carbonyl (C=O) groups is 2. The number of amides is 1. The molecule has 1 rings (SSSR count). The van der Waals surface area contributed by atoms with E-state index in [-0.39, 0.29) is 12.0 Å². The van der Waals surface area contributed by atoms with Gasteiger partial charge in [-0.2, -0.15) is 0 Å². The van der Waals surface area contributed by atoms with Crippen LogP contribution in [0.5, 0.6) is 0 Å². The molecule has 0 aromatic carbocycles. The fourth-order valence-corrected chi connectivity index (χ4v) is 1.33. The number of alkyl carbamates (subject to hydrolysis) is 1. The largest absolute Gasteiger partial charge is 0.444 e. The summed E-state index contributed by atoms with van der Waals surface area (Å²) in [5, 5.41) is 2.68. The fourth-order valence-electron chi connectivity index (χ4n) is 1.33. The maximum atomic E-state index is 11.3. The molecule has 0 aliphatic heterocycles. The molecule has 1 aliphatic carbocycles. The lowest BCUT2D eigenvalue weighted by molar-refractivity contribution is -0.114. The highest BCUT2D eigenvalue weighted by Crippen LogP contribution is 2.25. The van der Waals surface area contributed by atoms with Crippen LogP contribution >= 0.6 is 0 Å². The van der Waals surface area contributed by atoms with Gasteiger partial charge in [0.05, 0.1) is 0 Å². The third-order valence-electron chi connectivity index (χ3n) is 2.20. The van der Waals surface area contributed by atoms with Crippen molar-refractivity contribution in [3.8, 4) is 0 Å². The van der Waals surface area contributed by atoms with Crippen molar-refractivity contribution in [1.82, 2.24) is 5.32 Å². The Bertz CT molecular complexity index is 232. The van der Waals surface area contributed by atoms with E-state index in [1.54, 1.807) is 0 Å². The maximum absolute atomic E-state index is 11.3. The third kappa shape index (κ3) is 3.01. The standard InChI is InChI=1S/C10H17NO3/c1-10(2,3)14-9(13)11-8-5-4-7(8)6-12/h6-8H,4-5H2,1-3H3,(H,11,13). The molecule has 14 heavy (non-hydrogen) atoms. The topological polar surface area (TPSA) is 55.4 Å². The van der Waals surface area contributed by atoms with E-state index in [1.165, 1.54) is 0 Å². The molecular formula is C10H17NO3. The van der Waals surface area contributed by atoms with Crippen LogP contribution in [0.1, 0.15) is 33.6 Å². The van der Waals surface area contributed by atoms with Crippen LogP contribution in [0.4, 0.5) is 4.79 Å². The van der Waals surface area contributed by atoms with Crippen molar-refractivity contribution in [2.75, 3.05) is 0 Å². The predicted octanol–water partition coefficient (Wildman–Crippen LogP) is 1.49. The van der Waals surface area contributed by atoms with Crippen molar-refractivity contribution in [3.63, 3.8) is 0 Å². The van der Waals surface area contributed by atoms with Gasteiger partial charge in [-0.15, -0.1) is 0 Å². The van der Waals surface area contributed by atoms with Gasteiger partial charge in [-0.05, 0) is 33.6 Å². The molecule has 0 aromatic heterocycles. The Morgan fingerprint density at radius 3 is 2.43 bits per heavy atom. The van der Waals surface area contributed by atoms with Crippen LogP contribution in [0.15, 0.2) is 0 Å². The van der Waals surface area contributed by atoms with E-state index in [2.05, 4.69) is 5.32 Å². The van der Waals surface area contributed by atoms with Crippen LogP contribution in [-0.2, 0) is 9.53 Å². The molecule has 1 saturated carbocycles. The fraction of sp³-hybridized carbons (Fsp3) is 0.800. The Morgan fingerprint density at radius 1 is 1.43 bits per heavy atom. The van der Waals surface area contributed by atoms with Crippen molar-refractivity contribution in [3.05, 3.63) is 0 Å².